The minimum Gasteiger partial charge on any atom is -0.376 e. The van der Waals surface area contributed by atoms with Crippen LogP contribution in [-0.2, 0) is 11.3 Å². The van der Waals surface area contributed by atoms with Crippen LogP contribution >= 0.6 is 23.4 Å². The van der Waals surface area contributed by atoms with Gasteiger partial charge < -0.3 is 9.80 Å². The third kappa shape index (κ3) is 3.56. The molecule has 0 bridgehead atoms. The molecule has 0 unspecified atom stereocenters. The molecule has 0 atom stereocenters. The molecule has 3 nitrogen and oxygen atoms in total. The van der Waals surface area contributed by atoms with Crippen molar-refractivity contribution >= 4 is 29.3 Å². The molecule has 2 heterocycles. The lowest BCUT2D eigenvalue weighted by molar-refractivity contribution is -0.129. The van der Waals surface area contributed by atoms with Gasteiger partial charge in [0.2, 0.25) is 0 Å². The van der Waals surface area contributed by atoms with Gasteiger partial charge in [0, 0.05) is 30.9 Å². The Balaban J connectivity index is 1.61. The fourth-order valence-corrected chi connectivity index (χ4v) is 5.89. The van der Waals surface area contributed by atoms with Gasteiger partial charge in [0.25, 0.3) is 5.91 Å². The Morgan fingerprint density at radius 1 is 1.04 bits per heavy atom. The maximum absolute atomic E-state index is 13.2. The molecule has 3 aliphatic rings. The van der Waals surface area contributed by atoms with E-state index in [2.05, 4.69) is 16.0 Å². The molecule has 2 saturated heterocycles. The van der Waals surface area contributed by atoms with Crippen LogP contribution in [0.15, 0.2) is 35.4 Å². The standard InChI is InChI=1S/C20H25ClN2OS/c21-17-8-6-16(7-9-17)14-23-19(24)18(15-22-12-4-5-13-22)25-20(23)10-2-1-3-11-20/h6-9,15H,1-5,10-14H2/b18-15-. The van der Waals surface area contributed by atoms with E-state index < -0.39 is 0 Å². The molecule has 134 valence electrons. The van der Waals surface area contributed by atoms with Gasteiger partial charge in [0.1, 0.15) is 0 Å². The van der Waals surface area contributed by atoms with E-state index in [4.69, 9.17) is 11.6 Å². The summed E-state index contributed by atoms with van der Waals surface area (Å²) >= 11 is 7.85. The number of thioether (sulfide) groups is 1. The zero-order chi connectivity index (χ0) is 17.3. The second-order valence-corrected chi connectivity index (χ2v) is 9.20. The summed E-state index contributed by atoms with van der Waals surface area (Å²) in [7, 11) is 0. The number of carbonyl (C=O) groups is 1. The van der Waals surface area contributed by atoms with Gasteiger partial charge in [0.15, 0.2) is 0 Å². The summed E-state index contributed by atoms with van der Waals surface area (Å²) in [5.74, 6) is 0.216. The predicted molar refractivity (Wildman–Crippen MR) is 104 cm³/mol. The second-order valence-electron chi connectivity index (χ2n) is 7.36. The molecule has 3 fully saturated rings. The topological polar surface area (TPSA) is 23.6 Å². The molecule has 0 aromatic heterocycles. The van der Waals surface area contributed by atoms with Crippen molar-refractivity contribution in [1.82, 2.24) is 9.80 Å². The Bertz CT molecular complexity index is 661. The number of carbonyl (C=O) groups excluding carboxylic acids is 1. The van der Waals surface area contributed by atoms with E-state index in [1.54, 1.807) is 0 Å². The molecule has 0 radical (unpaired) electrons. The van der Waals surface area contributed by atoms with Crippen molar-refractivity contribution in [3.05, 3.63) is 46.0 Å². The highest BCUT2D eigenvalue weighted by molar-refractivity contribution is 8.05. The van der Waals surface area contributed by atoms with Crippen LogP contribution in [0.4, 0.5) is 0 Å². The van der Waals surface area contributed by atoms with Crippen LogP contribution in [0.5, 0.6) is 0 Å². The van der Waals surface area contributed by atoms with Crippen molar-refractivity contribution in [3.8, 4) is 0 Å². The first-order valence-electron chi connectivity index (χ1n) is 9.38. The first-order valence-corrected chi connectivity index (χ1v) is 10.6. The quantitative estimate of drug-likeness (QED) is 0.692. The molecule has 25 heavy (non-hydrogen) atoms. The molecule has 4 rings (SSSR count). The second kappa shape index (κ2) is 7.24. The fourth-order valence-electron chi connectivity index (χ4n) is 4.20. The van der Waals surface area contributed by atoms with Crippen LogP contribution < -0.4 is 0 Å². The van der Waals surface area contributed by atoms with E-state index in [9.17, 15) is 4.79 Å². The Morgan fingerprint density at radius 2 is 1.72 bits per heavy atom. The third-order valence-corrected chi connectivity index (χ3v) is 7.34. The smallest absolute Gasteiger partial charge is 0.263 e. The van der Waals surface area contributed by atoms with Crippen molar-refractivity contribution in [1.29, 1.82) is 0 Å². The van der Waals surface area contributed by atoms with Crippen molar-refractivity contribution in [2.45, 2.75) is 56.4 Å². The lowest BCUT2D eigenvalue weighted by Gasteiger charge is -2.40. The van der Waals surface area contributed by atoms with Gasteiger partial charge in [-0.3, -0.25) is 4.79 Å². The monoisotopic (exact) mass is 376 g/mol. The molecule has 1 amide bonds. The summed E-state index contributed by atoms with van der Waals surface area (Å²) in [6, 6.07) is 7.91. The van der Waals surface area contributed by atoms with E-state index in [1.807, 2.05) is 36.0 Å². The molecule has 1 aromatic rings. The fraction of sp³-hybridized carbons (Fsp3) is 0.550. The minimum atomic E-state index is -0.0411. The maximum Gasteiger partial charge on any atom is 0.263 e. The van der Waals surface area contributed by atoms with E-state index in [0.717, 1.165) is 41.4 Å². The highest BCUT2D eigenvalue weighted by Crippen LogP contribution is 2.52. The van der Waals surface area contributed by atoms with Gasteiger partial charge in [-0.15, -0.1) is 0 Å². The van der Waals surface area contributed by atoms with Gasteiger partial charge >= 0.3 is 0 Å². The van der Waals surface area contributed by atoms with Crippen LogP contribution in [0.2, 0.25) is 5.02 Å². The van der Waals surface area contributed by atoms with Crippen molar-refractivity contribution in [2.24, 2.45) is 0 Å². The summed E-state index contributed by atoms with van der Waals surface area (Å²) < 4.78 is 0. The molecule has 5 heteroatoms. The third-order valence-electron chi connectivity index (χ3n) is 5.58. The lowest BCUT2D eigenvalue weighted by atomic mass is 9.93. The Hall–Kier alpha value is -1.13. The number of nitrogens with zero attached hydrogens (tertiary/aromatic N) is 2. The molecular weight excluding hydrogens is 352 g/mol. The van der Waals surface area contributed by atoms with Crippen LogP contribution in [-0.4, -0.2) is 33.7 Å². The van der Waals surface area contributed by atoms with E-state index >= 15 is 0 Å². The van der Waals surface area contributed by atoms with Crippen LogP contribution in [0.25, 0.3) is 0 Å². The maximum atomic E-state index is 13.2. The van der Waals surface area contributed by atoms with Gasteiger partial charge in [-0.1, -0.05) is 54.8 Å². The summed E-state index contributed by atoms with van der Waals surface area (Å²) in [6.45, 7) is 2.85. The van der Waals surface area contributed by atoms with Gasteiger partial charge in [-0.05, 0) is 43.4 Å². The number of benzene rings is 1. The number of rotatable bonds is 3. The highest BCUT2D eigenvalue weighted by atomic mass is 35.5. The predicted octanol–water partition coefficient (Wildman–Crippen LogP) is 5.01. The zero-order valence-corrected chi connectivity index (χ0v) is 16.1. The van der Waals surface area contributed by atoms with Gasteiger partial charge in [-0.25, -0.2) is 0 Å². The Labute approximate surface area is 159 Å². The number of hydrogen-bond acceptors (Lipinski definition) is 3. The molecule has 2 aliphatic heterocycles. The SMILES string of the molecule is O=C1/C(=C/N2CCCC2)SC2(CCCCC2)N1Cc1ccc(Cl)cc1. The van der Waals surface area contributed by atoms with Crippen molar-refractivity contribution < 1.29 is 4.79 Å². The minimum absolute atomic E-state index is 0.0411. The van der Waals surface area contributed by atoms with E-state index in [-0.39, 0.29) is 10.8 Å². The number of hydrogen-bond donors (Lipinski definition) is 0. The normalized spacial score (nSPS) is 24.7. The first kappa shape index (κ1) is 17.3. The summed E-state index contributed by atoms with van der Waals surface area (Å²) in [5.41, 5.74) is 1.16. The van der Waals surface area contributed by atoms with Crippen LogP contribution in [0, 0.1) is 0 Å². The van der Waals surface area contributed by atoms with Crippen molar-refractivity contribution in [3.63, 3.8) is 0 Å². The molecule has 0 N–H and O–H groups in total. The average molecular weight is 377 g/mol. The number of amides is 1. The Kier molecular flexibility index (Phi) is 5.01. The first-order chi connectivity index (χ1) is 12.2. The van der Waals surface area contributed by atoms with E-state index in [1.165, 1.54) is 32.1 Å². The molecular formula is C20H25ClN2OS. The summed E-state index contributed by atoms with van der Waals surface area (Å²) in [5, 5.41) is 0.743. The van der Waals surface area contributed by atoms with Gasteiger partial charge in [0.05, 0.1) is 9.78 Å². The molecule has 1 aliphatic carbocycles. The molecule has 1 spiro atoms. The van der Waals surface area contributed by atoms with E-state index in [0.29, 0.717) is 6.54 Å². The Morgan fingerprint density at radius 3 is 2.40 bits per heavy atom. The highest BCUT2D eigenvalue weighted by Gasteiger charge is 2.49. The lowest BCUT2D eigenvalue weighted by Crippen LogP contribution is -2.45. The zero-order valence-electron chi connectivity index (χ0n) is 14.5. The van der Waals surface area contributed by atoms with Crippen LogP contribution in [0.3, 0.4) is 0 Å². The largest absolute Gasteiger partial charge is 0.376 e. The molecule has 1 aromatic carbocycles. The number of likely N-dealkylation sites (tertiary alicyclic amines) is 1. The summed E-state index contributed by atoms with van der Waals surface area (Å²) in [4.78, 5) is 18.6. The average Bonchev–Trinajstić information content (AvgIpc) is 3.21. The van der Waals surface area contributed by atoms with Crippen LogP contribution in [0.1, 0.15) is 50.5 Å². The van der Waals surface area contributed by atoms with Crippen molar-refractivity contribution in [2.75, 3.05) is 13.1 Å². The summed E-state index contributed by atoms with van der Waals surface area (Å²) in [6.07, 6.45) is 10.5. The number of halogens is 1. The van der Waals surface area contributed by atoms with Gasteiger partial charge in [-0.2, -0.15) is 0 Å². The molecule has 1 saturated carbocycles.